The molecule has 0 radical (unpaired) electrons. The van der Waals surface area contributed by atoms with Crippen LogP contribution >= 0.6 is 0 Å². The molecule has 0 saturated heterocycles. The predicted molar refractivity (Wildman–Crippen MR) is 41.7 cm³/mol. The molecule has 0 saturated carbocycles. The van der Waals surface area contributed by atoms with Crippen LogP contribution in [0, 0.1) is 0 Å². The summed E-state index contributed by atoms with van der Waals surface area (Å²) in [5, 5.41) is 8.06. The van der Waals surface area contributed by atoms with Crippen LogP contribution in [0.2, 0.25) is 0 Å². The van der Waals surface area contributed by atoms with Gasteiger partial charge in [0.1, 0.15) is 0 Å². The third-order valence-corrected chi connectivity index (χ3v) is 0.664. The summed E-state index contributed by atoms with van der Waals surface area (Å²) < 4.78 is 9.01. The maximum Gasteiger partial charge on any atom is 0.305 e. The molecule has 1 N–H and O–H groups in total. The number of rotatable bonds is 4. The van der Waals surface area contributed by atoms with E-state index in [1.165, 1.54) is 0 Å². The van der Waals surface area contributed by atoms with Crippen molar-refractivity contribution < 1.29 is 19.4 Å². The predicted octanol–water partition coefficient (Wildman–Crippen LogP) is 0.760. The molecular weight excluding hydrogens is 148 g/mol. The summed E-state index contributed by atoms with van der Waals surface area (Å²) in [6.07, 6.45) is 0.105. The van der Waals surface area contributed by atoms with E-state index in [1.54, 1.807) is 14.2 Å². The fourth-order valence-electron chi connectivity index (χ4n) is 0.304. The van der Waals surface area contributed by atoms with Crippen LogP contribution in [-0.4, -0.2) is 38.5 Å². The van der Waals surface area contributed by atoms with Gasteiger partial charge in [-0.3, -0.25) is 4.79 Å². The van der Waals surface area contributed by atoms with E-state index in [2.05, 4.69) is 4.74 Å². The fraction of sp³-hybridized carbons (Fsp3) is 0.857. The van der Waals surface area contributed by atoms with E-state index in [9.17, 15) is 4.79 Å². The van der Waals surface area contributed by atoms with Gasteiger partial charge in [0.2, 0.25) is 0 Å². The van der Waals surface area contributed by atoms with Gasteiger partial charge in [-0.15, -0.1) is 0 Å². The van der Waals surface area contributed by atoms with Crippen molar-refractivity contribution in [3.8, 4) is 0 Å². The van der Waals surface area contributed by atoms with Crippen LogP contribution in [0.5, 0.6) is 0 Å². The monoisotopic (exact) mass is 164 g/mol. The SMILES string of the molecule is CCOCCC(=O)O.COC. The molecule has 0 aliphatic heterocycles. The van der Waals surface area contributed by atoms with Gasteiger partial charge in [-0.05, 0) is 6.92 Å². The molecule has 0 heterocycles. The number of hydrogen-bond acceptors (Lipinski definition) is 3. The molecule has 0 bridgehead atoms. The molecule has 0 aromatic heterocycles. The molecule has 0 spiro atoms. The maximum absolute atomic E-state index is 9.79. The van der Waals surface area contributed by atoms with Gasteiger partial charge in [0.25, 0.3) is 0 Å². The molecule has 0 atom stereocenters. The molecule has 0 unspecified atom stereocenters. The molecular formula is C7H16O4. The molecule has 0 rings (SSSR count). The van der Waals surface area contributed by atoms with Gasteiger partial charge in [-0.2, -0.15) is 0 Å². The second kappa shape index (κ2) is 12.1. The van der Waals surface area contributed by atoms with Gasteiger partial charge in [0.05, 0.1) is 13.0 Å². The van der Waals surface area contributed by atoms with E-state index in [-0.39, 0.29) is 6.42 Å². The summed E-state index contributed by atoms with van der Waals surface area (Å²) in [4.78, 5) is 9.79. The highest BCUT2D eigenvalue weighted by atomic mass is 16.5. The van der Waals surface area contributed by atoms with E-state index in [0.29, 0.717) is 13.2 Å². The zero-order valence-corrected chi connectivity index (χ0v) is 7.29. The first-order valence-corrected chi connectivity index (χ1v) is 3.38. The number of hydrogen-bond donors (Lipinski definition) is 1. The smallest absolute Gasteiger partial charge is 0.305 e. The Morgan fingerprint density at radius 1 is 1.45 bits per heavy atom. The number of carboxylic acids is 1. The Bertz CT molecular complexity index is 82.5. The Morgan fingerprint density at radius 2 is 1.91 bits per heavy atom. The summed E-state index contributed by atoms with van der Waals surface area (Å²) in [5.74, 6) is -0.807. The van der Waals surface area contributed by atoms with E-state index in [4.69, 9.17) is 9.84 Å². The second-order valence-corrected chi connectivity index (χ2v) is 1.75. The minimum absolute atomic E-state index is 0.105. The Hall–Kier alpha value is -0.610. The number of carboxylic acid groups (broad SMARTS) is 1. The average molecular weight is 164 g/mol. The first kappa shape index (κ1) is 13.0. The van der Waals surface area contributed by atoms with Crippen LogP contribution in [0.25, 0.3) is 0 Å². The van der Waals surface area contributed by atoms with Crippen molar-refractivity contribution in [3.05, 3.63) is 0 Å². The van der Waals surface area contributed by atoms with Gasteiger partial charge in [0, 0.05) is 20.8 Å². The first-order valence-electron chi connectivity index (χ1n) is 3.38. The molecule has 0 aliphatic rings. The molecule has 11 heavy (non-hydrogen) atoms. The third-order valence-electron chi connectivity index (χ3n) is 0.664. The van der Waals surface area contributed by atoms with E-state index in [0.717, 1.165) is 0 Å². The Kier molecular flexibility index (Phi) is 14.3. The van der Waals surface area contributed by atoms with Crippen molar-refractivity contribution in [1.29, 1.82) is 0 Å². The van der Waals surface area contributed by atoms with Gasteiger partial charge in [-0.1, -0.05) is 0 Å². The molecule has 0 aliphatic carbocycles. The van der Waals surface area contributed by atoms with Crippen LogP contribution in [-0.2, 0) is 14.3 Å². The standard InChI is InChI=1S/C5H10O3.C2H6O/c1-2-8-4-3-5(6)7;1-3-2/h2-4H2,1H3,(H,6,7);1-2H3. The zero-order valence-electron chi connectivity index (χ0n) is 7.29. The van der Waals surface area contributed by atoms with Crippen LogP contribution in [0.1, 0.15) is 13.3 Å². The molecule has 4 heteroatoms. The topological polar surface area (TPSA) is 55.8 Å². The lowest BCUT2D eigenvalue weighted by Gasteiger charge is -1.93. The third kappa shape index (κ3) is 26.6. The average Bonchev–Trinajstić information content (AvgIpc) is 1.89. The highest BCUT2D eigenvalue weighted by Crippen LogP contribution is 1.79. The summed E-state index contributed by atoms with van der Waals surface area (Å²) >= 11 is 0. The molecule has 0 aromatic carbocycles. The van der Waals surface area contributed by atoms with Gasteiger partial charge in [-0.25, -0.2) is 0 Å². The van der Waals surface area contributed by atoms with Crippen LogP contribution in [0.4, 0.5) is 0 Å². The largest absolute Gasteiger partial charge is 0.481 e. The molecule has 0 aromatic rings. The fourth-order valence-corrected chi connectivity index (χ4v) is 0.304. The van der Waals surface area contributed by atoms with Crippen LogP contribution in [0.15, 0.2) is 0 Å². The molecule has 68 valence electrons. The Labute approximate surface area is 67.1 Å². The number of aliphatic carboxylic acids is 1. The molecule has 4 nitrogen and oxygen atoms in total. The van der Waals surface area contributed by atoms with Gasteiger partial charge < -0.3 is 14.6 Å². The first-order chi connectivity index (χ1) is 5.18. The van der Waals surface area contributed by atoms with Crippen molar-refractivity contribution in [2.75, 3.05) is 27.4 Å². The highest BCUT2D eigenvalue weighted by Gasteiger charge is 1.92. The Balaban J connectivity index is 0. The second-order valence-electron chi connectivity index (χ2n) is 1.75. The van der Waals surface area contributed by atoms with Crippen molar-refractivity contribution in [3.63, 3.8) is 0 Å². The van der Waals surface area contributed by atoms with Crippen molar-refractivity contribution in [2.24, 2.45) is 0 Å². The lowest BCUT2D eigenvalue weighted by Crippen LogP contribution is -2.01. The van der Waals surface area contributed by atoms with Crippen molar-refractivity contribution >= 4 is 5.97 Å². The summed E-state index contributed by atoms with van der Waals surface area (Å²) in [6.45, 7) is 2.75. The maximum atomic E-state index is 9.79. The molecule has 0 amide bonds. The Morgan fingerprint density at radius 3 is 2.18 bits per heavy atom. The molecule has 0 fully saturated rings. The number of methoxy groups -OCH3 is 1. The lowest BCUT2D eigenvalue weighted by atomic mass is 10.5. The van der Waals surface area contributed by atoms with Crippen LogP contribution < -0.4 is 0 Å². The van der Waals surface area contributed by atoms with Crippen LogP contribution in [0.3, 0.4) is 0 Å². The van der Waals surface area contributed by atoms with Crippen molar-refractivity contribution in [2.45, 2.75) is 13.3 Å². The van der Waals surface area contributed by atoms with E-state index < -0.39 is 5.97 Å². The minimum Gasteiger partial charge on any atom is -0.481 e. The normalized spacial score (nSPS) is 8.27. The quantitative estimate of drug-likeness (QED) is 0.623. The van der Waals surface area contributed by atoms with Gasteiger partial charge >= 0.3 is 5.97 Å². The van der Waals surface area contributed by atoms with E-state index >= 15 is 0 Å². The summed E-state index contributed by atoms with van der Waals surface area (Å²) in [6, 6.07) is 0. The zero-order chi connectivity index (χ0) is 9.11. The summed E-state index contributed by atoms with van der Waals surface area (Å²) in [5.41, 5.74) is 0. The minimum atomic E-state index is -0.807. The highest BCUT2D eigenvalue weighted by molar-refractivity contribution is 5.66. The van der Waals surface area contributed by atoms with E-state index in [1.807, 2.05) is 6.92 Å². The number of carbonyl (C=O) groups is 1. The van der Waals surface area contributed by atoms with Crippen molar-refractivity contribution in [1.82, 2.24) is 0 Å². The number of ether oxygens (including phenoxy) is 2. The summed E-state index contributed by atoms with van der Waals surface area (Å²) in [7, 11) is 3.25. The lowest BCUT2D eigenvalue weighted by molar-refractivity contribution is -0.138. The van der Waals surface area contributed by atoms with Gasteiger partial charge in [0.15, 0.2) is 0 Å².